The molecule has 0 saturated heterocycles. The van der Waals surface area contributed by atoms with Crippen molar-refractivity contribution < 1.29 is 9.18 Å². The molecule has 1 amide bonds. The summed E-state index contributed by atoms with van der Waals surface area (Å²) in [6, 6.07) is 7.80. The summed E-state index contributed by atoms with van der Waals surface area (Å²) in [5.41, 5.74) is 2.65. The standard InChI is InChI=1S/C18H16FN5O/c1-12-3-6-16(22-8-12)18(25)23-13-4-5-15(19)17(7-13)24(2)14-9-20-11-21-10-14/h3-11H,1-2H3,(H,23,25). The average molecular weight is 337 g/mol. The van der Waals surface area contributed by atoms with Crippen LogP contribution in [-0.4, -0.2) is 27.9 Å². The van der Waals surface area contributed by atoms with Crippen molar-refractivity contribution in [2.75, 3.05) is 17.3 Å². The second-order valence-electron chi connectivity index (χ2n) is 5.50. The Kier molecular flexibility index (Phi) is 4.65. The molecule has 2 aromatic heterocycles. The summed E-state index contributed by atoms with van der Waals surface area (Å²) >= 11 is 0. The van der Waals surface area contributed by atoms with E-state index in [-0.39, 0.29) is 5.91 Å². The Morgan fingerprint density at radius 2 is 1.88 bits per heavy atom. The van der Waals surface area contributed by atoms with Gasteiger partial charge in [0.1, 0.15) is 17.8 Å². The Balaban J connectivity index is 1.84. The first-order valence-electron chi connectivity index (χ1n) is 7.57. The first kappa shape index (κ1) is 16.5. The van der Waals surface area contributed by atoms with Gasteiger partial charge in [0.2, 0.25) is 0 Å². The van der Waals surface area contributed by atoms with Crippen LogP contribution in [0.15, 0.2) is 55.2 Å². The summed E-state index contributed by atoms with van der Waals surface area (Å²) in [6.45, 7) is 1.89. The molecule has 0 atom stereocenters. The van der Waals surface area contributed by atoms with E-state index in [0.717, 1.165) is 5.56 Å². The third-order valence-corrected chi connectivity index (χ3v) is 3.64. The van der Waals surface area contributed by atoms with Crippen molar-refractivity contribution in [2.45, 2.75) is 6.92 Å². The second kappa shape index (κ2) is 7.04. The number of hydrogen-bond acceptors (Lipinski definition) is 5. The van der Waals surface area contributed by atoms with Gasteiger partial charge in [0.25, 0.3) is 5.91 Å². The topological polar surface area (TPSA) is 71.0 Å². The fourth-order valence-corrected chi connectivity index (χ4v) is 2.25. The van der Waals surface area contributed by atoms with Crippen LogP contribution in [0.2, 0.25) is 0 Å². The number of amides is 1. The number of aromatic nitrogens is 3. The zero-order valence-electron chi connectivity index (χ0n) is 13.8. The summed E-state index contributed by atoms with van der Waals surface area (Å²) in [5, 5.41) is 2.73. The summed E-state index contributed by atoms with van der Waals surface area (Å²) in [7, 11) is 1.70. The number of rotatable bonds is 4. The monoisotopic (exact) mass is 337 g/mol. The molecule has 2 heterocycles. The molecule has 0 saturated carbocycles. The lowest BCUT2D eigenvalue weighted by atomic mass is 10.2. The molecule has 0 spiro atoms. The number of anilines is 3. The highest BCUT2D eigenvalue weighted by Gasteiger charge is 2.13. The van der Waals surface area contributed by atoms with Gasteiger partial charge in [0.05, 0.1) is 23.8 Å². The Morgan fingerprint density at radius 3 is 2.56 bits per heavy atom. The number of aryl methyl sites for hydroxylation is 1. The second-order valence-corrected chi connectivity index (χ2v) is 5.50. The van der Waals surface area contributed by atoms with Gasteiger partial charge < -0.3 is 10.2 Å². The van der Waals surface area contributed by atoms with Gasteiger partial charge >= 0.3 is 0 Å². The molecule has 6 nitrogen and oxygen atoms in total. The summed E-state index contributed by atoms with van der Waals surface area (Å²) in [6.07, 6.45) is 6.18. The van der Waals surface area contributed by atoms with Crippen LogP contribution in [0, 0.1) is 12.7 Å². The van der Waals surface area contributed by atoms with E-state index in [4.69, 9.17) is 0 Å². The molecule has 0 unspecified atom stereocenters. The third-order valence-electron chi connectivity index (χ3n) is 3.64. The van der Waals surface area contributed by atoms with E-state index in [1.165, 1.54) is 18.5 Å². The van der Waals surface area contributed by atoms with Gasteiger partial charge in [-0.2, -0.15) is 0 Å². The summed E-state index contributed by atoms with van der Waals surface area (Å²) in [4.78, 5) is 25.8. The van der Waals surface area contributed by atoms with E-state index in [1.54, 1.807) is 48.7 Å². The Hall–Kier alpha value is -3.35. The van der Waals surface area contributed by atoms with Crippen molar-refractivity contribution in [2.24, 2.45) is 0 Å². The minimum Gasteiger partial charge on any atom is -0.340 e. The first-order chi connectivity index (χ1) is 12.0. The smallest absolute Gasteiger partial charge is 0.274 e. The van der Waals surface area contributed by atoms with Crippen LogP contribution in [0.5, 0.6) is 0 Å². The van der Waals surface area contributed by atoms with Crippen LogP contribution < -0.4 is 10.2 Å². The van der Waals surface area contributed by atoms with Gasteiger partial charge in [-0.15, -0.1) is 0 Å². The lowest BCUT2D eigenvalue weighted by molar-refractivity contribution is 0.102. The summed E-state index contributed by atoms with van der Waals surface area (Å²) in [5.74, 6) is -0.777. The third kappa shape index (κ3) is 3.77. The van der Waals surface area contributed by atoms with E-state index in [9.17, 15) is 9.18 Å². The molecule has 3 rings (SSSR count). The van der Waals surface area contributed by atoms with Crippen LogP contribution in [-0.2, 0) is 0 Å². The van der Waals surface area contributed by atoms with Gasteiger partial charge in [-0.1, -0.05) is 6.07 Å². The van der Waals surface area contributed by atoms with Gasteiger partial charge in [-0.25, -0.2) is 14.4 Å². The highest BCUT2D eigenvalue weighted by molar-refractivity contribution is 6.03. The molecule has 0 fully saturated rings. The molecule has 1 aromatic carbocycles. The van der Waals surface area contributed by atoms with Crippen LogP contribution in [0.25, 0.3) is 0 Å². The normalized spacial score (nSPS) is 10.4. The highest BCUT2D eigenvalue weighted by atomic mass is 19.1. The maximum atomic E-state index is 14.2. The van der Waals surface area contributed by atoms with E-state index in [1.807, 2.05) is 6.92 Å². The number of halogens is 1. The average Bonchev–Trinajstić information content (AvgIpc) is 2.64. The van der Waals surface area contributed by atoms with Crippen molar-refractivity contribution in [3.63, 3.8) is 0 Å². The Morgan fingerprint density at radius 1 is 1.12 bits per heavy atom. The lowest BCUT2D eigenvalue weighted by Crippen LogP contribution is -2.15. The molecule has 0 aliphatic carbocycles. The molecule has 0 radical (unpaired) electrons. The number of carbonyl (C=O) groups excluding carboxylic acids is 1. The largest absolute Gasteiger partial charge is 0.340 e. The van der Waals surface area contributed by atoms with E-state index in [0.29, 0.717) is 22.8 Å². The van der Waals surface area contributed by atoms with Crippen molar-refractivity contribution in [1.82, 2.24) is 15.0 Å². The van der Waals surface area contributed by atoms with E-state index < -0.39 is 5.82 Å². The Bertz CT molecular complexity index is 884. The Labute approximate surface area is 144 Å². The molecular weight excluding hydrogens is 321 g/mol. The molecule has 0 bridgehead atoms. The van der Waals surface area contributed by atoms with Crippen molar-refractivity contribution in [3.05, 3.63) is 72.3 Å². The fraction of sp³-hybridized carbons (Fsp3) is 0.111. The van der Waals surface area contributed by atoms with Crippen LogP contribution >= 0.6 is 0 Å². The number of pyridine rings is 1. The quantitative estimate of drug-likeness (QED) is 0.790. The van der Waals surface area contributed by atoms with Gasteiger partial charge in [-0.05, 0) is 36.8 Å². The molecule has 7 heteroatoms. The fourth-order valence-electron chi connectivity index (χ4n) is 2.25. The van der Waals surface area contributed by atoms with Crippen molar-refractivity contribution in [3.8, 4) is 0 Å². The van der Waals surface area contributed by atoms with E-state index in [2.05, 4.69) is 20.3 Å². The van der Waals surface area contributed by atoms with Crippen molar-refractivity contribution in [1.29, 1.82) is 0 Å². The zero-order valence-corrected chi connectivity index (χ0v) is 13.8. The zero-order chi connectivity index (χ0) is 17.8. The van der Waals surface area contributed by atoms with Crippen LogP contribution in [0.1, 0.15) is 16.1 Å². The van der Waals surface area contributed by atoms with E-state index >= 15 is 0 Å². The van der Waals surface area contributed by atoms with Crippen molar-refractivity contribution >= 4 is 23.0 Å². The molecule has 25 heavy (non-hydrogen) atoms. The van der Waals surface area contributed by atoms with Crippen LogP contribution in [0.4, 0.5) is 21.5 Å². The minimum absolute atomic E-state index is 0.293. The number of nitrogens with one attached hydrogen (secondary N) is 1. The maximum absolute atomic E-state index is 14.2. The molecule has 0 aliphatic rings. The summed E-state index contributed by atoms with van der Waals surface area (Å²) < 4.78 is 14.2. The predicted octanol–water partition coefficient (Wildman–Crippen LogP) is 3.34. The molecule has 0 aliphatic heterocycles. The SMILES string of the molecule is Cc1ccc(C(=O)Nc2ccc(F)c(N(C)c3cncnc3)c2)nc1. The van der Waals surface area contributed by atoms with Crippen LogP contribution in [0.3, 0.4) is 0 Å². The molecule has 3 aromatic rings. The molecule has 1 N–H and O–H groups in total. The maximum Gasteiger partial charge on any atom is 0.274 e. The number of benzene rings is 1. The molecular formula is C18H16FN5O. The number of carbonyl (C=O) groups is 1. The number of nitrogens with zero attached hydrogens (tertiary/aromatic N) is 4. The lowest BCUT2D eigenvalue weighted by Gasteiger charge is -2.20. The van der Waals surface area contributed by atoms with Gasteiger partial charge in [0.15, 0.2) is 0 Å². The van der Waals surface area contributed by atoms with Gasteiger partial charge in [-0.3, -0.25) is 9.78 Å². The first-order valence-corrected chi connectivity index (χ1v) is 7.57. The minimum atomic E-state index is -0.419. The number of hydrogen-bond donors (Lipinski definition) is 1. The predicted molar refractivity (Wildman–Crippen MR) is 93.4 cm³/mol. The van der Waals surface area contributed by atoms with Gasteiger partial charge in [0, 0.05) is 18.9 Å². The molecule has 126 valence electrons. The highest BCUT2D eigenvalue weighted by Crippen LogP contribution is 2.28.